The van der Waals surface area contributed by atoms with Crippen LogP contribution in [0, 0.1) is 29.1 Å². The number of nitrogens with zero attached hydrogens (tertiary/aromatic N) is 4. The van der Waals surface area contributed by atoms with Gasteiger partial charge in [-0.1, -0.05) is 105 Å². The normalized spacial score (nSPS) is 23.0. The molecule has 2 fully saturated rings. The lowest BCUT2D eigenvalue weighted by molar-refractivity contribution is 0.0780. The summed E-state index contributed by atoms with van der Waals surface area (Å²) in [6, 6.07) is 37.3. The first-order valence-corrected chi connectivity index (χ1v) is 15.5. The molecule has 5 aromatic rings. The summed E-state index contributed by atoms with van der Waals surface area (Å²) in [6.45, 7) is 4.89. The van der Waals surface area contributed by atoms with E-state index in [4.69, 9.17) is 15.0 Å². The Morgan fingerprint density at radius 2 is 1.12 bits per heavy atom. The molecule has 4 aromatic carbocycles. The summed E-state index contributed by atoms with van der Waals surface area (Å²) in [6.07, 6.45) is 6.65. The Kier molecular flexibility index (Phi) is 7.11. The Morgan fingerprint density at radius 1 is 0.581 bits per heavy atom. The lowest BCUT2D eigenvalue weighted by atomic mass is 9.54. The van der Waals surface area contributed by atoms with Gasteiger partial charge in [0.2, 0.25) is 0 Å². The van der Waals surface area contributed by atoms with Gasteiger partial charge in [-0.25, -0.2) is 15.0 Å². The van der Waals surface area contributed by atoms with Gasteiger partial charge in [0.05, 0.1) is 11.6 Å². The highest BCUT2D eigenvalue weighted by molar-refractivity contribution is 5.82. The highest BCUT2D eigenvalue weighted by Gasteiger charge is 2.45. The van der Waals surface area contributed by atoms with Gasteiger partial charge >= 0.3 is 0 Å². The highest BCUT2D eigenvalue weighted by atomic mass is 15.0. The maximum absolute atomic E-state index is 9.29. The van der Waals surface area contributed by atoms with E-state index in [0.717, 1.165) is 45.6 Å². The molecule has 0 spiro atoms. The van der Waals surface area contributed by atoms with Gasteiger partial charge in [-0.15, -0.1) is 0 Å². The van der Waals surface area contributed by atoms with Gasteiger partial charge in [0, 0.05) is 16.7 Å². The van der Waals surface area contributed by atoms with Crippen molar-refractivity contribution in [2.24, 2.45) is 17.8 Å². The van der Waals surface area contributed by atoms with Gasteiger partial charge in [0.15, 0.2) is 17.5 Å². The van der Waals surface area contributed by atoms with Crippen molar-refractivity contribution >= 4 is 0 Å². The summed E-state index contributed by atoms with van der Waals surface area (Å²) >= 11 is 0. The standard InChI is InChI=1S/C39H36N4/c1-26-20-29-21-27(2)23-39(22-26,24-29)33-18-16-32(17-19-33)37-41-36(31-8-4-3-5-9-31)42-38(43-37)35-11-7-6-10-34(35)30-14-12-28(25-40)13-15-30/h3-19,26-27,29H,20-24H2,1-2H3/t26-,27+,29-,39?. The van der Waals surface area contributed by atoms with Crippen LogP contribution in [0.3, 0.4) is 0 Å². The first kappa shape index (κ1) is 27.2. The Bertz CT molecular complexity index is 1770. The van der Waals surface area contributed by atoms with E-state index >= 15 is 0 Å². The minimum Gasteiger partial charge on any atom is -0.208 e. The third kappa shape index (κ3) is 5.37. The fraction of sp³-hybridized carbons (Fsp3) is 0.282. The summed E-state index contributed by atoms with van der Waals surface area (Å²) in [4.78, 5) is 15.1. The molecule has 1 heterocycles. The molecule has 2 bridgehead atoms. The minimum absolute atomic E-state index is 0.290. The molecule has 212 valence electrons. The van der Waals surface area contributed by atoms with Crippen molar-refractivity contribution < 1.29 is 0 Å². The molecule has 1 aromatic heterocycles. The predicted octanol–water partition coefficient (Wildman–Crippen LogP) is 9.52. The van der Waals surface area contributed by atoms with Crippen LogP contribution in [0.25, 0.3) is 45.3 Å². The first-order valence-electron chi connectivity index (χ1n) is 15.5. The van der Waals surface area contributed by atoms with Crippen LogP contribution < -0.4 is 0 Å². The zero-order valence-electron chi connectivity index (χ0n) is 24.9. The van der Waals surface area contributed by atoms with Crippen molar-refractivity contribution in [3.8, 4) is 51.4 Å². The van der Waals surface area contributed by atoms with E-state index in [0.29, 0.717) is 23.0 Å². The Hall–Kier alpha value is -4.62. The number of benzene rings is 4. The van der Waals surface area contributed by atoms with Crippen LogP contribution >= 0.6 is 0 Å². The Balaban J connectivity index is 1.31. The minimum atomic E-state index is 0.290. The van der Waals surface area contributed by atoms with Crippen LogP contribution in [0.5, 0.6) is 0 Å². The summed E-state index contributed by atoms with van der Waals surface area (Å²) < 4.78 is 0. The van der Waals surface area contributed by atoms with Crippen LogP contribution in [-0.4, -0.2) is 15.0 Å². The molecule has 0 amide bonds. The fourth-order valence-electron chi connectivity index (χ4n) is 8.03. The zero-order valence-corrected chi connectivity index (χ0v) is 24.9. The van der Waals surface area contributed by atoms with Crippen LogP contribution in [0.4, 0.5) is 0 Å². The zero-order chi connectivity index (χ0) is 29.4. The predicted molar refractivity (Wildman–Crippen MR) is 173 cm³/mol. The van der Waals surface area contributed by atoms with E-state index in [-0.39, 0.29) is 5.41 Å². The molecule has 1 unspecified atom stereocenters. The molecule has 2 aliphatic rings. The highest BCUT2D eigenvalue weighted by Crippen LogP contribution is 2.54. The molecule has 4 heteroatoms. The van der Waals surface area contributed by atoms with Gasteiger partial charge < -0.3 is 0 Å². The van der Waals surface area contributed by atoms with E-state index in [2.05, 4.69) is 56.3 Å². The fourth-order valence-corrected chi connectivity index (χ4v) is 8.03. The smallest absolute Gasteiger partial charge is 0.164 e. The summed E-state index contributed by atoms with van der Waals surface area (Å²) in [5.74, 6) is 4.38. The van der Waals surface area contributed by atoms with E-state index in [1.54, 1.807) is 0 Å². The molecule has 0 radical (unpaired) electrons. The van der Waals surface area contributed by atoms with E-state index < -0.39 is 0 Å². The quantitative estimate of drug-likeness (QED) is 0.215. The molecular formula is C39H36N4. The monoisotopic (exact) mass is 560 g/mol. The van der Waals surface area contributed by atoms with E-state index in [9.17, 15) is 5.26 Å². The summed E-state index contributed by atoms with van der Waals surface area (Å²) in [5, 5.41) is 9.29. The van der Waals surface area contributed by atoms with Crippen LogP contribution in [0.15, 0.2) is 103 Å². The molecule has 2 saturated carbocycles. The number of nitriles is 1. The van der Waals surface area contributed by atoms with Gasteiger partial charge in [-0.2, -0.15) is 5.26 Å². The van der Waals surface area contributed by atoms with Crippen molar-refractivity contribution in [3.05, 3.63) is 114 Å². The number of aromatic nitrogens is 3. The largest absolute Gasteiger partial charge is 0.208 e. The number of fused-ring (bicyclic) bond motifs is 2. The van der Waals surface area contributed by atoms with E-state index in [1.807, 2.05) is 66.7 Å². The lowest BCUT2D eigenvalue weighted by Crippen LogP contribution is -2.42. The molecular weight excluding hydrogens is 524 g/mol. The average Bonchev–Trinajstić information content (AvgIpc) is 3.04. The van der Waals surface area contributed by atoms with E-state index in [1.165, 1.54) is 37.7 Å². The second-order valence-corrected chi connectivity index (χ2v) is 12.9. The van der Waals surface area contributed by atoms with Crippen LogP contribution in [0.1, 0.15) is 57.1 Å². The van der Waals surface area contributed by atoms with Gasteiger partial charge in [0.25, 0.3) is 0 Å². The molecule has 4 atom stereocenters. The molecule has 0 aliphatic heterocycles. The maximum atomic E-state index is 9.29. The summed E-state index contributed by atoms with van der Waals surface area (Å²) in [7, 11) is 0. The summed E-state index contributed by atoms with van der Waals surface area (Å²) in [5.41, 5.74) is 7.33. The SMILES string of the molecule is C[C@@H]1C[C@@H]2C[C@H](C)CC(c3ccc(-c4nc(-c5ccccc5)nc(-c5ccccc5-c5ccc(C#N)cc5)n4)cc3)(C1)C2. The average molecular weight is 561 g/mol. The number of hydrogen-bond donors (Lipinski definition) is 0. The Labute approximate surface area is 254 Å². The van der Waals surface area contributed by atoms with Crippen molar-refractivity contribution in [1.29, 1.82) is 5.26 Å². The number of hydrogen-bond acceptors (Lipinski definition) is 4. The molecule has 2 aliphatic carbocycles. The van der Waals surface area contributed by atoms with Crippen molar-refractivity contribution in [2.75, 3.05) is 0 Å². The molecule has 0 saturated heterocycles. The van der Waals surface area contributed by atoms with Gasteiger partial charge in [0.1, 0.15) is 0 Å². The van der Waals surface area contributed by atoms with Crippen molar-refractivity contribution in [3.63, 3.8) is 0 Å². The topological polar surface area (TPSA) is 62.5 Å². The first-order chi connectivity index (χ1) is 21.0. The lowest BCUT2D eigenvalue weighted by Gasteiger charge is -2.50. The molecule has 0 N–H and O–H groups in total. The van der Waals surface area contributed by atoms with Crippen LogP contribution in [0.2, 0.25) is 0 Å². The molecule has 4 nitrogen and oxygen atoms in total. The molecule has 43 heavy (non-hydrogen) atoms. The van der Waals surface area contributed by atoms with Crippen molar-refractivity contribution in [1.82, 2.24) is 15.0 Å². The maximum Gasteiger partial charge on any atom is 0.164 e. The van der Waals surface area contributed by atoms with Crippen molar-refractivity contribution in [2.45, 2.75) is 51.4 Å². The second kappa shape index (κ2) is 11.2. The van der Waals surface area contributed by atoms with Crippen LogP contribution in [-0.2, 0) is 5.41 Å². The van der Waals surface area contributed by atoms with Gasteiger partial charge in [-0.3, -0.25) is 0 Å². The second-order valence-electron chi connectivity index (χ2n) is 12.9. The third-order valence-corrected chi connectivity index (χ3v) is 9.55. The third-order valence-electron chi connectivity index (χ3n) is 9.55. The van der Waals surface area contributed by atoms with Gasteiger partial charge in [-0.05, 0) is 84.1 Å². The number of rotatable bonds is 5. The Morgan fingerprint density at radius 3 is 1.74 bits per heavy atom. The molecule has 7 rings (SSSR count).